The van der Waals surface area contributed by atoms with Crippen LogP contribution in [0, 0.1) is 0 Å². The third kappa shape index (κ3) is 3.38. The minimum atomic E-state index is -0.413. The van der Waals surface area contributed by atoms with Crippen molar-refractivity contribution in [3.63, 3.8) is 0 Å². The molecule has 7 heteroatoms. The number of hydrogen-bond acceptors (Lipinski definition) is 5. The molecule has 0 radical (unpaired) electrons. The largest absolute Gasteiger partial charge is 0.305 e. The maximum Gasteiger partial charge on any atom is 0.279 e. The predicted octanol–water partition coefficient (Wildman–Crippen LogP) is 3.54. The molecule has 4 rings (SSSR count). The number of thiophene rings is 1. The Balaban J connectivity index is 1.68. The van der Waals surface area contributed by atoms with E-state index in [2.05, 4.69) is 9.97 Å². The molecule has 1 atom stereocenters. The zero-order valence-electron chi connectivity index (χ0n) is 15.0. The van der Waals surface area contributed by atoms with Crippen molar-refractivity contribution in [1.29, 1.82) is 0 Å². The number of carbonyl (C=O) groups is 1. The van der Waals surface area contributed by atoms with Crippen molar-refractivity contribution in [1.82, 2.24) is 15.0 Å². The zero-order chi connectivity index (χ0) is 18.8. The second-order valence-corrected chi connectivity index (χ2v) is 7.50. The Morgan fingerprint density at radius 1 is 1.22 bits per heavy atom. The number of rotatable bonds is 3. The summed E-state index contributed by atoms with van der Waals surface area (Å²) in [5, 5.41) is 5.57. The van der Waals surface area contributed by atoms with Gasteiger partial charge in [-0.2, -0.15) is 0 Å². The zero-order valence-corrected chi connectivity index (χ0v) is 15.8. The van der Waals surface area contributed by atoms with Gasteiger partial charge in [-0.1, -0.05) is 24.3 Å². The van der Waals surface area contributed by atoms with E-state index in [1.807, 2.05) is 59.8 Å². The molecule has 0 bridgehead atoms. The molecule has 138 valence electrons. The van der Waals surface area contributed by atoms with Crippen molar-refractivity contribution < 1.29 is 4.79 Å². The predicted molar refractivity (Wildman–Crippen MR) is 107 cm³/mol. The van der Waals surface area contributed by atoms with Crippen LogP contribution in [0.15, 0.2) is 58.8 Å². The minimum absolute atomic E-state index is 0.00262. The molecule has 1 aromatic carbocycles. The van der Waals surface area contributed by atoms with Gasteiger partial charge < -0.3 is 4.98 Å². The fraction of sp³-hybridized carbons (Fsp3) is 0.250. The molecule has 0 saturated carbocycles. The number of carbonyl (C=O) groups excluding carboxylic acids is 1. The molecular weight excluding hydrogens is 360 g/mol. The highest BCUT2D eigenvalue weighted by Crippen LogP contribution is 2.26. The van der Waals surface area contributed by atoms with Crippen LogP contribution in [0.25, 0.3) is 10.7 Å². The third-order valence-electron chi connectivity index (χ3n) is 4.72. The van der Waals surface area contributed by atoms with Crippen LogP contribution in [0.3, 0.4) is 0 Å². The number of aromatic amines is 1. The maximum absolute atomic E-state index is 13.2. The summed E-state index contributed by atoms with van der Waals surface area (Å²) in [7, 11) is 0. The van der Waals surface area contributed by atoms with Gasteiger partial charge in [-0.3, -0.25) is 14.6 Å². The fourth-order valence-electron chi connectivity index (χ4n) is 3.38. The molecule has 0 spiro atoms. The molecule has 0 aliphatic carbocycles. The monoisotopic (exact) mass is 380 g/mol. The van der Waals surface area contributed by atoms with Gasteiger partial charge in [0.25, 0.3) is 11.5 Å². The molecule has 1 saturated heterocycles. The number of aromatic nitrogens is 2. The minimum Gasteiger partial charge on any atom is -0.305 e. The van der Waals surface area contributed by atoms with Gasteiger partial charge in [0.2, 0.25) is 0 Å². The smallest absolute Gasteiger partial charge is 0.279 e. The van der Waals surface area contributed by atoms with Crippen LogP contribution in [-0.4, -0.2) is 33.5 Å². The van der Waals surface area contributed by atoms with Gasteiger partial charge in [-0.05, 0) is 43.3 Å². The summed E-state index contributed by atoms with van der Waals surface area (Å²) in [5.74, 6) is 0.163. The molecule has 27 heavy (non-hydrogen) atoms. The topological polar surface area (TPSA) is 69.3 Å². The van der Waals surface area contributed by atoms with Crippen LogP contribution in [-0.2, 0) is 0 Å². The molecule has 1 N–H and O–H groups in total. The first-order valence-corrected chi connectivity index (χ1v) is 9.82. The second-order valence-electron chi connectivity index (χ2n) is 6.55. The summed E-state index contributed by atoms with van der Waals surface area (Å²) in [6, 6.07) is 13.6. The quantitative estimate of drug-likeness (QED) is 0.754. The Bertz CT molecular complexity index is 985. The summed E-state index contributed by atoms with van der Waals surface area (Å²) in [6.45, 7) is 2.74. The standard InChI is InChI=1S/C20H20N4O2S/c1-14-7-5-11-23(15-8-3-2-4-9-15)24(14)20(26)16-13-21-18(22-19(16)25)17-10-6-12-27-17/h2-4,6,8-10,12-14H,5,7,11H2,1H3,(H,21,22,25)/t14-/m1/s1. The van der Waals surface area contributed by atoms with Crippen LogP contribution >= 0.6 is 11.3 Å². The summed E-state index contributed by atoms with van der Waals surface area (Å²) < 4.78 is 0. The number of benzene rings is 1. The number of hydrogen-bond donors (Lipinski definition) is 1. The van der Waals surface area contributed by atoms with Gasteiger partial charge in [0, 0.05) is 12.7 Å². The van der Waals surface area contributed by atoms with E-state index in [9.17, 15) is 9.59 Å². The molecule has 6 nitrogen and oxygen atoms in total. The number of anilines is 1. The molecule has 3 heterocycles. The first-order valence-electron chi connectivity index (χ1n) is 8.94. The Hall–Kier alpha value is -2.93. The van der Waals surface area contributed by atoms with Crippen molar-refractivity contribution in [3.8, 4) is 10.7 Å². The average Bonchev–Trinajstić information content (AvgIpc) is 3.23. The van der Waals surface area contributed by atoms with Crippen LogP contribution in [0.4, 0.5) is 5.69 Å². The molecule has 3 aromatic rings. The van der Waals surface area contributed by atoms with E-state index < -0.39 is 5.56 Å². The number of H-pyrrole nitrogens is 1. The highest BCUT2D eigenvalue weighted by atomic mass is 32.1. The van der Waals surface area contributed by atoms with Gasteiger partial charge in [0.15, 0.2) is 0 Å². The molecule has 1 aliphatic heterocycles. The van der Waals surface area contributed by atoms with E-state index in [-0.39, 0.29) is 17.5 Å². The van der Waals surface area contributed by atoms with Crippen molar-refractivity contribution in [2.45, 2.75) is 25.8 Å². The molecule has 1 amide bonds. The van der Waals surface area contributed by atoms with Crippen molar-refractivity contribution in [3.05, 3.63) is 70.0 Å². The van der Waals surface area contributed by atoms with E-state index in [4.69, 9.17) is 0 Å². The third-order valence-corrected chi connectivity index (χ3v) is 5.59. The number of nitrogens with zero attached hydrogens (tertiary/aromatic N) is 3. The molecule has 2 aromatic heterocycles. The molecule has 1 aliphatic rings. The number of hydrazine groups is 1. The average molecular weight is 380 g/mol. The number of amides is 1. The van der Waals surface area contributed by atoms with E-state index in [0.29, 0.717) is 5.82 Å². The van der Waals surface area contributed by atoms with Crippen LogP contribution in [0.1, 0.15) is 30.1 Å². The van der Waals surface area contributed by atoms with Gasteiger partial charge in [-0.15, -0.1) is 11.3 Å². The lowest BCUT2D eigenvalue weighted by atomic mass is 10.1. The van der Waals surface area contributed by atoms with Crippen molar-refractivity contribution >= 4 is 22.9 Å². The second kappa shape index (κ2) is 7.36. The van der Waals surface area contributed by atoms with Crippen molar-refractivity contribution in [2.75, 3.05) is 11.6 Å². The van der Waals surface area contributed by atoms with Gasteiger partial charge in [0.1, 0.15) is 11.4 Å². The van der Waals surface area contributed by atoms with Gasteiger partial charge >= 0.3 is 0 Å². The van der Waals surface area contributed by atoms with E-state index in [1.165, 1.54) is 17.5 Å². The maximum atomic E-state index is 13.2. The summed E-state index contributed by atoms with van der Waals surface area (Å²) in [6.07, 6.45) is 3.28. The molecule has 0 unspecified atom stereocenters. The lowest BCUT2D eigenvalue weighted by molar-refractivity contribution is 0.0606. The first-order chi connectivity index (χ1) is 13.1. The highest BCUT2D eigenvalue weighted by molar-refractivity contribution is 7.13. The lowest BCUT2D eigenvalue weighted by Crippen LogP contribution is -2.55. The highest BCUT2D eigenvalue weighted by Gasteiger charge is 2.32. The van der Waals surface area contributed by atoms with E-state index >= 15 is 0 Å². The fourth-order valence-corrected chi connectivity index (χ4v) is 4.05. The summed E-state index contributed by atoms with van der Waals surface area (Å²) in [4.78, 5) is 33.8. The number of para-hydroxylation sites is 1. The van der Waals surface area contributed by atoms with Crippen LogP contribution in [0.5, 0.6) is 0 Å². The first kappa shape index (κ1) is 17.5. The Morgan fingerprint density at radius 2 is 2.04 bits per heavy atom. The molecule has 1 fully saturated rings. The Morgan fingerprint density at radius 3 is 2.74 bits per heavy atom. The van der Waals surface area contributed by atoms with Gasteiger partial charge in [-0.25, -0.2) is 9.99 Å². The van der Waals surface area contributed by atoms with E-state index in [0.717, 1.165) is 30.0 Å². The normalized spacial score (nSPS) is 17.1. The molecular formula is C20H20N4O2S. The summed E-state index contributed by atoms with van der Waals surface area (Å²) in [5.41, 5.74) is 0.589. The van der Waals surface area contributed by atoms with Crippen molar-refractivity contribution in [2.24, 2.45) is 0 Å². The Kier molecular flexibility index (Phi) is 4.77. The SMILES string of the molecule is C[C@@H]1CCCN(c2ccccc2)N1C(=O)c1cnc(-c2cccs2)[nH]c1=O. The van der Waals surface area contributed by atoms with E-state index in [1.54, 1.807) is 5.01 Å². The van der Waals surface area contributed by atoms with Crippen LogP contribution in [0.2, 0.25) is 0 Å². The van der Waals surface area contributed by atoms with Gasteiger partial charge in [0.05, 0.1) is 16.6 Å². The lowest BCUT2D eigenvalue weighted by Gasteiger charge is -2.44. The number of nitrogens with one attached hydrogen (secondary N) is 1. The van der Waals surface area contributed by atoms with Crippen LogP contribution < -0.4 is 10.6 Å². The Labute approximate surface area is 161 Å². The summed E-state index contributed by atoms with van der Waals surface area (Å²) >= 11 is 1.49.